The zero-order valence-electron chi connectivity index (χ0n) is 9.41. The fourth-order valence-corrected chi connectivity index (χ4v) is 0.876. The number of carbonyl (C=O) groups is 2. The summed E-state index contributed by atoms with van der Waals surface area (Å²) in [6.07, 6.45) is 8.75. The van der Waals surface area contributed by atoms with E-state index in [2.05, 4.69) is 5.32 Å². The minimum atomic E-state index is -0.255. The van der Waals surface area contributed by atoms with Crippen LogP contribution >= 0.6 is 0 Å². The summed E-state index contributed by atoms with van der Waals surface area (Å²) in [4.78, 5) is 21.6. The van der Waals surface area contributed by atoms with Crippen molar-refractivity contribution < 1.29 is 9.59 Å². The third-order valence-corrected chi connectivity index (χ3v) is 1.55. The third kappa shape index (κ3) is 8.68. The van der Waals surface area contributed by atoms with Crippen LogP contribution < -0.4 is 5.32 Å². The Bertz CT molecular complexity index is 312. The molecular weight excluding hydrogens is 190 g/mol. The Balaban J connectivity index is 4.01. The van der Waals surface area contributed by atoms with Gasteiger partial charge in [-0.1, -0.05) is 29.9 Å². The zero-order chi connectivity index (χ0) is 11.7. The van der Waals surface area contributed by atoms with Crippen molar-refractivity contribution in [2.24, 2.45) is 0 Å². The van der Waals surface area contributed by atoms with E-state index in [1.807, 2.05) is 32.1 Å². The average Bonchev–Trinajstić information content (AvgIpc) is 2.15. The molecule has 3 heteroatoms. The van der Waals surface area contributed by atoms with Gasteiger partial charge in [0.2, 0.25) is 5.91 Å². The van der Waals surface area contributed by atoms with E-state index in [0.29, 0.717) is 0 Å². The van der Waals surface area contributed by atoms with Crippen molar-refractivity contribution in [3.8, 4) is 0 Å². The summed E-state index contributed by atoms with van der Waals surface area (Å²) in [6, 6.07) is 0. The maximum atomic E-state index is 11.1. The van der Waals surface area contributed by atoms with Crippen LogP contribution in [-0.2, 0) is 9.59 Å². The number of Topliss-reactive ketones (excluding diaryl/α,β-unsaturated/α-hetero) is 1. The molecule has 1 N–H and O–H groups in total. The van der Waals surface area contributed by atoms with Crippen molar-refractivity contribution in [3.63, 3.8) is 0 Å². The van der Waals surface area contributed by atoms with Crippen molar-refractivity contribution in [1.29, 1.82) is 0 Å². The average molecular weight is 207 g/mol. The first-order chi connectivity index (χ1) is 7.06. The van der Waals surface area contributed by atoms with Gasteiger partial charge in [-0.3, -0.25) is 9.59 Å². The molecule has 0 aromatic carbocycles. The minimum Gasteiger partial charge on any atom is -0.345 e. The molecule has 0 aromatic heterocycles. The summed E-state index contributed by atoms with van der Waals surface area (Å²) in [7, 11) is 0. The molecular formula is C12H17NO2. The first-order valence-electron chi connectivity index (χ1n) is 4.81. The van der Waals surface area contributed by atoms with Gasteiger partial charge in [-0.25, -0.2) is 0 Å². The minimum absolute atomic E-state index is 0.0580. The monoisotopic (exact) mass is 207 g/mol. The van der Waals surface area contributed by atoms with Crippen molar-refractivity contribution in [2.75, 3.05) is 6.54 Å². The zero-order valence-corrected chi connectivity index (χ0v) is 9.41. The standard InChI is InChI=1S/C12H17NO2/c1-4-6-10(2)7-5-8-12(15)13-9-11(3)14/h4-8H,9H2,1-3H3,(H,13,15)/b6-4-,8-5+,10-7-. The fraction of sp³-hybridized carbons (Fsp3) is 0.333. The van der Waals surface area contributed by atoms with E-state index in [-0.39, 0.29) is 18.2 Å². The van der Waals surface area contributed by atoms with Gasteiger partial charge in [0.15, 0.2) is 0 Å². The number of hydrogen-bond acceptors (Lipinski definition) is 2. The maximum Gasteiger partial charge on any atom is 0.244 e. The van der Waals surface area contributed by atoms with Gasteiger partial charge in [-0.2, -0.15) is 0 Å². The molecule has 0 saturated heterocycles. The predicted octanol–water partition coefficient (Wildman–Crippen LogP) is 1.77. The van der Waals surface area contributed by atoms with Crippen molar-refractivity contribution in [2.45, 2.75) is 20.8 Å². The second-order valence-corrected chi connectivity index (χ2v) is 3.19. The van der Waals surface area contributed by atoms with Crippen LogP contribution in [0, 0.1) is 0 Å². The molecule has 82 valence electrons. The number of allylic oxidation sites excluding steroid dienone is 5. The van der Waals surface area contributed by atoms with Gasteiger partial charge in [0.05, 0.1) is 6.54 Å². The van der Waals surface area contributed by atoms with Crippen LogP contribution in [0.25, 0.3) is 0 Å². The summed E-state index contributed by atoms with van der Waals surface area (Å²) in [6.45, 7) is 5.39. The van der Waals surface area contributed by atoms with Crippen LogP contribution in [0.2, 0.25) is 0 Å². The van der Waals surface area contributed by atoms with Gasteiger partial charge in [-0.05, 0) is 20.8 Å². The number of carbonyl (C=O) groups excluding carboxylic acids is 2. The van der Waals surface area contributed by atoms with Crippen LogP contribution in [0.4, 0.5) is 0 Å². The van der Waals surface area contributed by atoms with Crippen LogP contribution in [0.15, 0.2) is 36.0 Å². The molecule has 0 heterocycles. The quantitative estimate of drug-likeness (QED) is 0.551. The smallest absolute Gasteiger partial charge is 0.244 e. The molecule has 0 aromatic rings. The van der Waals surface area contributed by atoms with Gasteiger partial charge in [0.25, 0.3) is 0 Å². The lowest BCUT2D eigenvalue weighted by atomic mass is 10.2. The van der Waals surface area contributed by atoms with E-state index in [0.717, 1.165) is 5.57 Å². The fourth-order valence-electron chi connectivity index (χ4n) is 0.876. The lowest BCUT2D eigenvalue weighted by Gasteiger charge is -1.95. The van der Waals surface area contributed by atoms with Gasteiger partial charge in [-0.15, -0.1) is 0 Å². The molecule has 0 aliphatic rings. The molecule has 0 aliphatic carbocycles. The molecule has 3 nitrogen and oxygen atoms in total. The van der Waals surface area contributed by atoms with E-state index in [1.165, 1.54) is 13.0 Å². The van der Waals surface area contributed by atoms with Crippen LogP contribution in [0.1, 0.15) is 20.8 Å². The maximum absolute atomic E-state index is 11.1. The van der Waals surface area contributed by atoms with Gasteiger partial charge in [0.1, 0.15) is 5.78 Å². The van der Waals surface area contributed by atoms with Gasteiger partial charge in [0, 0.05) is 6.08 Å². The lowest BCUT2D eigenvalue weighted by molar-refractivity contribution is -0.121. The summed E-state index contributed by atoms with van der Waals surface area (Å²) < 4.78 is 0. The number of ketones is 1. The molecule has 0 atom stereocenters. The van der Waals surface area contributed by atoms with Crippen molar-refractivity contribution in [3.05, 3.63) is 36.0 Å². The summed E-state index contributed by atoms with van der Waals surface area (Å²) >= 11 is 0. The van der Waals surface area contributed by atoms with E-state index < -0.39 is 0 Å². The highest BCUT2D eigenvalue weighted by molar-refractivity contribution is 5.91. The molecule has 0 radical (unpaired) electrons. The molecule has 0 bridgehead atoms. The Labute approximate surface area is 90.6 Å². The van der Waals surface area contributed by atoms with E-state index in [4.69, 9.17) is 0 Å². The first-order valence-corrected chi connectivity index (χ1v) is 4.81. The first kappa shape index (κ1) is 13.4. The van der Waals surface area contributed by atoms with E-state index in [1.54, 1.807) is 6.08 Å². The summed E-state index contributed by atoms with van der Waals surface area (Å²) in [5.74, 6) is -0.313. The van der Waals surface area contributed by atoms with Crippen LogP contribution in [-0.4, -0.2) is 18.2 Å². The van der Waals surface area contributed by atoms with Gasteiger partial charge < -0.3 is 5.32 Å². The topological polar surface area (TPSA) is 46.2 Å². The Morgan fingerprint density at radius 1 is 1.20 bits per heavy atom. The normalized spacial score (nSPS) is 12.3. The Morgan fingerprint density at radius 2 is 1.87 bits per heavy atom. The number of hydrogen-bond donors (Lipinski definition) is 1. The molecule has 1 amide bonds. The van der Waals surface area contributed by atoms with E-state index >= 15 is 0 Å². The second kappa shape index (κ2) is 7.74. The Hall–Kier alpha value is -1.64. The van der Waals surface area contributed by atoms with Crippen molar-refractivity contribution in [1.82, 2.24) is 5.32 Å². The molecule has 0 spiro atoms. The Morgan fingerprint density at radius 3 is 2.40 bits per heavy atom. The molecule has 0 unspecified atom stereocenters. The van der Waals surface area contributed by atoms with Crippen LogP contribution in [0.5, 0.6) is 0 Å². The summed E-state index contributed by atoms with van der Waals surface area (Å²) in [5, 5.41) is 2.47. The molecule has 0 fully saturated rings. The molecule has 0 saturated carbocycles. The number of nitrogens with one attached hydrogen (secondary N) is 1. The molecule has 0 aliphatic heterocycles. The van der Waals surface area contributed by atoms with Crippen molar-refractivity contribution >= 4 is 11.7 Å². The predicted molar refractivity (Wildman–Crippen MR) is 61.4 cm³/mol. The highest BCUT2D eigenvalue weighted by atomic mass is 16.2. The second-order valence-electron chi connectivity index (χ2n) is 3.19. The molecule has 15 heavy (non-hydrogen) atoms. The number of amides is 1. The highest BCUT2D eigenvalue weighted by Gasteiger charge is 1.95. The Kier molecular flexibility index (Phi) is 6.89. The van der Waals surface area contributed by atoms with Gasteiger partial charge >= 0.3 is 0 Å². The van der Waals surface area contributed by atoms with Crippen LogP contribution in [0.3, 0.4) is 0 Å². The highest BCUT2D eigenvalue weighted by Crippen LogP contribution is 1.94. The summed E-state index contributed by atoms with van der Waals surface area (Å²) in [5.41, 5.74) is 1.06. The largest absolute Gasteiger partial charge is 0.345 e. The van der Waals surface area contributed by atoms with E-state index in [9.17, 15) is 9.59 Å². The SMILES string of the molecule is C\C=C/C(C)=C\C=C\C(=O)NCC(C)=O. The third-order valence-electron chi connectivity index (χ3n) is 1.55. The lowest BCUT2D eigenvalue weighted by Crippen LogP contribution is -2.26. The molecule has 0 rings (SSSR count). The number of rotatable bonds is 5.